The molecule has 1 aromatic carbocycles. The van der Waals surface area contributed by atoms with Crippen LogP contribution in [0, 0.1) is 0 Å². The number of morpholine rings is 1. The first-order valence-corrected chi connectivity index (χ1v) is 9.93. The van der Waals surface area contributed by atoms with Crippen molar-refractivity contribution in [2.45, 2.75) is 43.3 Å². The Morgan fingerprint density at radius 2 is 2.04 bits per heavy atom. The third-order valence-electron chi connectivity index (χ3n) is 4.63. The lowest BCUT2D eigenvalue weighted by atomic mass is 9.93. The predicted molar refractivity (Wildman–Crippen MR) is 89.7 cm³/mol. The molecular formula is C17H25NO4S. The number of rotatable bonds is 3. The third kappa shape index (κ3) is 3.54. The topological polar surface area (TPSA) is 55.8 Å². The van der Waals surface area contributed by atoms with E-state index in [1.807, 2.05) is 12.1 Å². The van der Waals surface area contributed by atoms with Crippen molar-refractivity contribution in [2.24, 2.45) is 0 Å². The largest absolute Gasteiger partial charge is 0.378 e. The van der Waals surface area contributed by atoms with Gasteiger partial charge in [-0.3, -0.25) is 0 Å². The van der Waals surface area contributed by atoms with E-state index in [0.29, 0.717) is 11.5 Å². The minimum Gasteiger partial charge on any atom is -0.378 e. The van der Waals surface area contributed by atoms with E-state index < -0.39 is 9.84 Å². The maximum Gasteiger partial charge on any atom is 0.178 e. The van der Waals surface area contributed by atoms with Crippen molar-refractivity contribution in [3.8, 4) is 0 Å². The zero-order chi connectivity index (χ0) is 16.5. The summed E-state index contributed by atoms with van der Waals surface area (Å²) >= 11 is 0. The number of hydrogen-bond donors (Lipinski definition) is 0. The van der Waals surface area contributed by atoms with Gasteiger partial charge >= 0.3 is 0 Å². The summed E-state index contributed by atoms with van der Waals surface area (Å²) in [5.41, 5.74) is 0.810. The summed E-state index contributed by atoms with van der Waals surface area (Å²) in [6, 6.07) is 7.21. The summed E-state index contributed by atoms with van der Waals surface area (Å²) in [6.07, 6.45) is 2.16. The Labute approximate surface area is 138 Å². The van der Waals surface area contributed by atoms with Crippen LogP contribution in [0.15, 0.2) is 29.2 Å². The van der Waals surface area contributed by atoms with Gasteiger partial charge in [-0.25, -0.2) is 8.42 Å². The molecule has 2 atom stereocenters. The van der Waals surface area contributed by atoms with Crippen LogP contribution < -0.4 is 4.90 Å². The normalized spacial score (nSPS) is 29.0. The molecule has 0 aliphatic carbocycles. The van der Waals surface area contributed by atoms with E-state index in [2.05, 4.69) is 11.8 Å². The van der Waals surface area contributed by atoms with E-state index in [1.54, 1.807) is 19.1 Å². The van der Waals surface area contributed by atoms with Crippen molar-refractivity contribution in [1.82, 2.24) is 0 Å². The number of ether oxygens (including phenoxy) is 2. The summed E-state index contributed by atoms with van der Waals surface area (Å²) in [4.78, 5) is 2.67. The Hall–Kier alpha value is -1.11. The lowest BCUT2D eigenvalue weighted by Gasteiger charge is -2.48. The maximum absolute atomic E-state index is 11.9. The van der Waals surface area contributed by atoms with E-state index in [4.69, 9.17) is 9.47 Å². The second kappa shape index (κ2) is 6.42. The van der Waals surface area contributed by atoms with Gasteiger partial charge in [0, 0.05) is 25.4 Å². The summed E-state index contributed by atoms with van der Waals surface area (Å²) < 4.78 is 35.7. The maximum atomic E-state index is 11.9. The highest BCUT2D eigenvalue weighted by Gasteiger charge is 2.41. The molecule has 0 saturated carbocycles. The van der Waals surface area contributed by atoms with E-state index in [1.165, 1.54) is 0 Å². The van der Waals surface area contributed by atoms with Gasteiger partial charge in [0.05, 0.1) is 23.4 Å². The highest BCUT2D eigenvalue weighted by Crippen LogP contribution is 2.32. The van der Waals surface area contributed by atoms with E-state index >= 15 is 0 Å². The van der Waals surface area contributed by atoms with E-state index in [9.17, 15) is 8.42 Å². The second-order valence-electron chi connectivity index (χ2n) is 6.55. The van der Waals surface area contributed by atoms with E-state index in [-0.39, 0.29) is 17.5 Å². The van der Waals surface area contributed by atoms with Crippen molar-refractivity contribution < 1.29 is 17.9 Å². The molecule has 2 heterocycles. The molecule has 2 aliphatic rings. The Balaban J connectivity index is 1.80. The average Bonchev–Trinajstić information content (AvgIpc) is 2.55. The van der Waals surface area contributed by atoms with Gasteiger partial charge in [0.1, 0.15) is 5.60 Å². The third-order valence-corrected chi connectivity index (χ3v) is 6.39. The fourth-order valence-corrected chi connectivity index (χ4v) is 4.38. The average molecular weight is 339 g/mol. The Morgan fingerprint density at radius 1 is 1.30 bits per heavy atom. The fourth-order valence-electron chi connectivity index (χ4n) is 3.50. The minimum atomic E-state index is -3.15. The van der Waals surface area contributed by atoms with Crippen molar-refractivity contribution in [2.75, 3.05) is 37.0 Å². The molecule has 6 heteroatoms. The molecule has 1 spiro atoms. The summed E-state index contributed by atoms with van der Waals surface area (Å²) in [7, 11) is -3.15. The molecule has 2 aliphatic heterocycles. The van der Waals surface area contributed by atoms with Crippen LogP contribution >= 0.6 is 0 Å². The molecule has 0 aromatic heterocycles. The summed E-state index contributed by atoms with van der Waals surface area (Å²) in [6.45, 7) is 6.79. The first-order valence-electron chi connectivity index (χ1n) is 8.27. The van der Waals surface area contributed by atoms with Crippen LogP contribution in [0.2, 0.25) is 0 Å². The highest BCUT2D eigenvalue weighted by molar-refractivity contribution is 7.91. The van der Waals surface area contributed by atoms with Gasteiger partial charge in [-0.15, -0.1) is 0 Å². The molecule has 0 radical (unpaired) electrons. The molecule has 0 amide bonds. The molecule has 0 N–H and O–H groups in total. The first-order chi connectivity index (χ1) is 10.9. The number of anilines is 1. The van der Waals surface area contributed by atoms with Crippen molar-refractivity contribution in [1.29, 1.82) is 0 Å². The molecule has 5 nitrogen and oxygen atoms in total. The number of nitrogens with zero attached hydrogens (tertiary/aromatic N) is 1. The Bertz CT molecular complexity index is 635. The lowest BCUT2D eigenvalue weighted by Crippen LogP contribution is -2.58. The van der Waals surface area contributed by atoms with Crippen molar-refractivity contribution in [3.05, 3.63) is 24.3 Å². The van der Waals surface area contributed by atoms with Gasteiger partial charge in [-0.2, -0.15) is 0 Å². The number of sulfone groups is 1. The molecule has 2 saturated heterocycles. The van der Waals surface area contributed by atoms with Gasteiger partial charge in [0.2, 0.25) is 0 Å². The summed E-state index contributed by atoms with van der Waals surface area (Å²) in [5.74, 6) is 0.126. The van der Waals surface area contributed by atoms with Crippen LogP contribution in [-0.2, 0) is 19.3 Å². The first kappa shape index (κ1) is 16.7. The summed E-state index contributed by atoms with van der Waals surface area (Å²) in [5, 5.41) is 0. The Kier molecular flexibility index (Phi) is 4.67. The van der Waals surface area contributed by atoms with Gasteiger partial charge in [0.25, 0.3) is 0 Å². The molecule has 2 unspecified atom stereocenters. The molecule has 128 valence electrons. The van der Waals surface area contributed by atoms with Crippen LogP contribution in [0.25, 0.3) is 0 Å². The zero-order valence-corrected chi connectivity index (χ0v) is 14.6. The van der Waals surface area contributed by atoms with Gasteiger partial charge < -0.3 is 14.4 Å². The molecule has 0 bridgehead atoms. The quantitative estimate of drug-likeness (QED) is 0.845. The fraction of sp³-hybridized carbons (Fsp3) is 0.647. The number of benzene rings is 1. The molecule has 1 aromatic rings. The van der Waals surface area contributed by atoms with Crippen molar-refractivity contribution in [3.63, 3.8) is 0 Å². The van der Waals surface area contributed by atoms with Crippen LogP contribution in [0.1, 0.15) is 26.7 Å². The molecule has 23 heavy (non-hydrogen) atoms. The predicted octanol–water partition coefficient (Wildman–Crippen LogP) is 2.25. The smallest absolute Gasteiger partial charge is 0.178 e. The van der Waals surface area contributed by atoms with Gasteiger partial charge in [0.15, 0.2) is 9.84 Å². The number of hydrogen-bond acceptors (Lipinski definition) is 5. The van der Waals surface area contributed by atoms with Gasteiger partial charge in [-0.1, -0.05) is 6.92 Å². The van der Waals surface area contributed by atoms with Crippen molar-refractivity contribution >= 4 is 15.5 Å². The lowest BCUT2D eigenvalue weighted by molar-refractivity contribution is -0.160. The SMILES string of the molecule is CCS(=O)(=O)c1ccc(N2CC(C)OC3(CCCOC3)C2)cc1. The van der Waals surface area contributed by atoms with Gasteiger partial charge in [-0.05, 0) is 44.0 Å². The van der Waals surface area contributed by atoms with Crippen LogP contribution in [0.5, 0.6) is 0 Å². The molecule has 2 fully saturated rings. The molecule has 3 rings (SSSR count). The standard InChI is InChI=1S/C17H25NO4S/c1-3-23(19,20)16-7-5-15(6-8-16)18-11-14(2)22-17(12-18)9-4-10-21-13-17/h5-8,14H,3-4,9-13H2,1-2H3. The molecular weight excluding hydrogens is 314 g/mol. The second-order valence-corrected chi connectivity index (χ2v) is 8.82. The van der Waals surface area contributed by atoms with Crippen LogP contribution in [0.4, 0.5) is 5.69 Å². The highest BCUT2D eigenvalue weighted by atomic mass is 32.2. The monoisotopic (exact) mass is 339 g/mol. The Morgan fingerprint density at radius 3 is 2.65 bits per heavy atom. The van der Waals surface area contributed by atoms with E-state index in [0.717, 1.165) is 38.2 Å². The van der Waals surface area contributed by atoms with Crippen LogP contribution in [-0.4, -0.2) is 52.2 Å². The zero-order valence-electron chi connectivity index (χ0n) is 13.8. The van der Waals surface area contributed by atoms with Crippen LogP contribution in [0.3, 0.4) is 0 Å². The minimum absolute atomic E-state index is 0.126.